The van der Waals surface area contributed by atoms with Gasteiger partial charge in [0.2, 0.25) is 0 Å². The molecule has 1 aliphatic rings. The molecule has 0 radical (unpaired) electrons. The molecule has 0 bridgehead atoms. The first-order chi connectivity index (χ1) is 8.76. The third kappa shape index (κ3) is 2.16. The third-order valence-corrected chi connectivity index (χ3v) is 4.60. The summed E-state index contributed by atoms with van der Waals surface area (Å²) in [6.07, 6.45) is 4.37. The summed E-state index contributed by atoms with van der Waals surface area (Å²) in [6.45, 7) is 0. The van der Waals surface area contributed by atoms with Crippen LogP contribution >= 0.6 is 11.3 Å². The second-order valence-electron chi connectivity index (χ2n) is 4.57. The maximum absolute atomic E-state index is 5.65. The Kier molecular flexibility index (Phi) is 3.11. The molecule has 0 aromatic carbocycles. The SMILES string of the molecule is Cn1nnc(CC(NN)c2cc3c(s2)CCC3)n1. The van der Waals surface area contributed by atoms with Crippen molar-refractivity contribution in [3.63, 3.8) is 0 Å². The quantitative estimate of drug-likeness (QED) is 0.621. The molecule has 1 unspecified atom stereocenters. The van der Waals surface area contributed by atoms with E-state index in [0.717, 1.165) is 0 Å². The van der Waals surface area contributed by atoms with Gasteiger partial charge >= 0.3 is 0 Å². The molecule has 1 aliphatic carbocycles. The Hall–Kier alpha value is -1.31. The van der Waals surface area contributed by atoms with Crippen LogP contribution in [0.15, 0.2) is 6.07 Å². The van der Waals surface area contributed by atoms with Crippen molar-refractivity contribution in [2.24, 2.45) is 12.9 Å². The molecule has 7 heteroatoms. The Bertz CT molecular complexity index is 524. The van der Waals surface area contributed by atoms with Crippen molar-refractivity contribution in [3.05, 3.63) is 27.2 Å². The number of hydrazine groups is 1. The highest BCUT2D eigenvalue weighted by Gasteiger charge is 2.21. The Morgan fingerprint density at radius 1 is 1.56 bits per heavy atom. The number of aromatic nitrogens is 4. The van der Waals surface area contributed by atoms with Crippen LogP contribution in [0.2, 0.25) is 0 Å². The number of nitrogens with zero attached hydrogens (tertiary/aromatic N) is 4. The second-order valence-corrected chi connectivity index (χ2v) is 5.74. The molecule has 2 aromatic rings. The molecule has 0 amide bonds. The molecule has 2 aromatic heterocycles. The van der Waals surface area contributed by atoms with E-state index in [1.165, 1.54) is 39.4 Å². The van der Waals surface area contributed by atoms with E-state index >= 15 is 0 Å². The lowest BCUT2D eigenvalue weighted by Gasteiger charge is -2.11. The van der Waals surface area contributed by atoms with Gasteiger partial charge in [-0.1, -0.05) is 0 Å². The molecular formula is C11H16N6S. The zero-order valence-corrected chi connectivity index (χ0v) is 11.1. The molecule has 0 saturated carbocycles. The van der Waals surface area contributed by atoms with E-state index < -0.39 is 0 Å². The van der Waals surface area contributed by atoms with E-state index in [1.54, 1.807) is 7.05 Å². The van der Waals surface area contributed by atoms with Crippen LogP contribution in [-0.4, -0.2) is 20.2 Å². The van der Waals surface area contributed by atoms with Crippen LogP contribution in [0.1, 0.15) is 33.6 Å². The molecule has 1 atom stereocenters. The summed E-state index contributed by atoms with van der Waals surface area (Å²) in [5, 5.41) is 12.0. The molecule has 3 N–H and O–H groups in total. The molecule has 3 rings (SSSR count). The van der Waals surface area contributed by atoms with Gasteiger partial charge in [0.25, 0.3) is 0 Å². The lowest BCUT2D eigenvalue weighted by Crippen LogP contribution is -2.29. The predicted molar refractivity (Wildman–Crippen MR) is 68.9 cm³/mol. The highest BCUT2D eigenvalue weighted by molar-refractivity contribution is 7.12. The van der Waals surface area contributed by atoms with Crippen molar-refractivity contribution in [1.82, 2.24) is 25.6 Å². The van der Waals surface area contributed by atoms with Crippen LogP contribution in [0.3, 0.4) is 0 Å². The fraction of sp³-hybridized carbons (Fsp3) is 0.545. The van der Waals surface area contributed by atoms with Crippen molar-refractivity contribution >= 4 is 11.3 Å². The Morgan fingerprint density at radius 3 is 3.11 bits per heavy atom. The summed E-state index contributed by atoms with van der Waals surface area (Å²) in [4.78, 5) is 4.25. The standard InChI is InChI=1S/C11H16N6S/c1-17-15-11(14-16-17)6-8(13-12)10-5-7-3-2-4-9(7)18-10/h5,8,13H,2-4,6,12H2,1H3. The first kappa shape index (κ1) is 11.8. The van der Waals surface area contributed by atoms with E-state index in [2.05, 4.69) is 26.9 Å². The molecule has 0 saturated heterocycles. The minimum absolute atomic E-state index is 0.0739. The smallest absolute Gasteiger partial charge is 0.176 e. The first-order valence-electron chi connectivity index (χ1n) is 6.06. The number of hydrogen-bond donors (Lipinski definition) is 2. The molecule has 0 aliphatic heterocycles. The highest BCUT2D eigenvalue weighted by Crippen LogP contribution is 2.34. The van der Waals surface area contributed by atoms with Gasteiger partial charge in [0, 0.05) is 16.2 Å². The summed E-state index contributed by atoms with van der Waals surface area (Å²) in [7, 11) is 1.76. The van der Waals surface area contributed by atoms with E-state index in [0.29, 0.717) is 12.2 Å². The zero-order valence-electron chi connectivity index (χ0n) is 10.3. The fourth-order valence-corrected chi connectivity index (χ4v) is 3.67. The van der Waals surface area contributed by atoms with Gasteiger partial charge in [-0.2, -0.15) is 4.80 Å². The molecule has 6 nitrogen and oxygen atoms in total. The highest BCUT2D eigenvalue weighted by atomic mass is 32.1. The molecule has 0 spiro atoms. The van der Waals surface area contributed by atoms with Gasteiger partial charge in [0.1, 0.15) is 0 Å². The Labute approximate surface area is 109 Å². The first-order valence-corrected chi connectivity index (χ1v) is 6.88. The molecule has 0 fully saturated rings. The summed E-state index contributed by atoms with van der Waals surface area (Å²) >= 11 is 1.86. The molecule has 18 heavy (non-hydrogen) atoms. The number of rotatable bonds is 4. The largest absolute Gasteiger partial charge is 0.271 e. The maximum atomic E-state index is 5.65. The number of thiophene rings is 1. The van der Waals surface area contributed by atoms with Crippen molar-refractivity contribution < 1.29 is 0 Å². The van der Waals surface area contributed by atoms with Crippen molar-refractivity contribution in [1.29, 1.82) is 0 Å². The number of nitrogens with one attached hydrogen (secondary N) is 1. The van der Waals surface area contributed by atoms with E-state index in [9.17, 15) is 0 Å². The summed E-state index contributed by atoms with van der Waals surface area (Å²) in [6, 6.07) is 2.35. The van der Waals surface area contributed by atoms with Crippen LogP contribution < -0.4 is 11.3 Å². The van der Waals surface area contributed by atoms with Gasteiger partial charge in [-0.15, -0.1) is 21.5 Å². The van der Waals surface area contributed by atoms with Gasteiger partial charge in [-0.25, -0.2) is 0 Å². The average Bonchev–Trinajstić information content (AvgIpc) is 3.00. The monoisotopic (exact) mass is 264 g/mol. The van der Waals surface area contributed by atoms with Crippen LogP contribution in [0.5, 0.6) is 0 Å². The predicted octanol–water partition coefficient (Wildman–Crippen LogP) is 0.507. The topological polar surface area (TPSA) is 81.7 Å². The van der Waals surface area contributed by atoms with Gasteiger partial charge < -0.3 is 0 Å². The minimum Gasteiger partial charge on any atom is -0.271 e. The number of nitrogens with two attached hydrogens (primary N) is 1. The van der Waals surface area contributed by atoms with Crippen LogP contribution in [0.4, 0.5) is 0 Å². The molecule has 2 heterocycles. The third-order valence-electron chi connectivity index (χ3n) is 3.25. The van der Waals surface area contributed by atoms with Gasteiger partial charge in [-0.05, 0) is 36.1 Å². The Morgan fingerprint density at radius 2 is 2.44 bits per heavy atom. The summed E-state index contributed by atoms with van der Waals surface area (Å²) in [5.74, 6) is 6.37. The van der Waals surface area contributed by atoms with Crippen molar-refractivity contribution in [2.75, 3.05) is 0 Å². The van der Waals surface area contributed by atoms with Crippen LogP contribution in [0, 0.1) is 0 Å². The number of aryl methyl sites for hydroxylation is 3. The van der Waals surface area contributed by atoms with E-state index in [4.69, 9.17) is 5.84 Å². The Balaban J connectivity index is 1.79. The van der Waals surface area contributed by atoms with Crippen molar-refractivity contribution in [3.8, 4) is 0 Å². The van der Waals surface area contributed by atoms with E-state index in [1.807, 2.05) is 11.3 Å². The number of hydrogen-bond acceptors (Lipinski definition) is 6. The average molecular weight is 264 g/mol. The van der Waals surface area contributed by atoms with Crippen molar-refractivity contribution in [2.45, 2.75) is 31.7 Å². The number of fused-ring (bicyclic) bond motifs is 1. The second kappa shape index (κ2) is 4.75. The van der Waals surface area contributed by atoms with Gasteiger partial charge in [0.05, 0.1) is 13.1 Å². The lowest BCUT2D eigenvalue weighted by atomic mass is 10.1. The van der Waals surface area contributed by atoms with Crippen LogP contribution in [-0.2, 0) is 26.3 Å². The molecular weight excluding hydrogens is 248 g/mol. The minimum atomic E-state index is 0.0739. The normalized spacial score (nSPS) is 15.9. The summed E-state index contributed by atoms with van der Waals surface area (Å²) < 4.78 is 0. The summed E-state index contributed by atoms with van der Waals surface area (Å²) in [5.41, 5.74) is 4.35. The van der Waals surface area contributed by atoms with Gasteiger partial charge in [-0.3, -0.25) is 11.3 Å². The zero-order chi connectivity index (χ0) is 12.5. The fourth-order valence-electron chi connectivity index (χ4n) is 2.35. The number of tetrazole rings is 1. The van der Waals surface area contributed by atoms with E-state index in [-0.39, 0.29) is 6.04 Å². The lowest BCUT2D eigenvalue weighted by molar-refractivity contribution is 0.543. The molecule has 96 valence electrons. The van der Waals surface area contributed by atoms with Gasteiger partial charge in [0.15, 0.2) is 5.82 Å². The van der Waals surface area contributed by atoms with Crippen LogP contribution in [0.25, 0.3) is 0 Å². The maximum Gasteiger partial charge on any atom is 0.176 e.